The van der Waals surface area contributed by atoms with Crippen molar-refractivity contribution in [1.29, 1.82) is 0 Å². The molecule has 1 rings (SSSR count). The fraction of sp³-hybridized carbons (Fsp3) is 0.500. The second kappa shape index (κ2) is 5.07. The van der Waals surface area contributed by atoms with Gasteiger partial charge in [0, 0.05) is 0 Å². The Balaban J connectivity index is 3.11. The summed E-state index contributed by atoms with van der Waals surface area (Å²) in [6, 6.07) is 0. The van der Waals surface area contributed by atoms with Crippen LogP contribution in [0.1, 0.15) is 5.56 Å². The molecule has 5 nitrogen and oxygen atoms in total. The van der Waals surface area contributed by atoms with Crippen LogP contribution in [0.4, 0.5) is 32.2 Å². The minimum atomic E-state index is -5.62. The van der Waals surface area contributed by atoms with Gasteiger partial charge < -0.3 is 10.2 Å². The first-order chi connectivity index (χ1) is 8.57. The van der Waals surface area contributed by atoms with Gasteiger partial charge in [0.25, 0.3) is 6.10 Å². The first kappa shape index (κ1) is 15.3. The van der Waals surface area contributed by atoms with Crippen LogP contribution in [-0.2, 0) is 0 Å². The number of ether oxygens (including phenoxy) is 1. The lowest BCUT2D eigenvalue weighted by molar-refractivity contribution is -0.300. The average Bonchev–Trinajstić information content (AvgIpc) is 2.24. The van der Waals surface area contributed by atoms with Crippen LogP contribution in [-0.4, -0.2) is 28.4 Å². The number of halogens is 6. The molecule has 1 heterocycles. The van der Waals surface area contributed by atoms with E-state index in [1.54, 1.807) is 0 Å². The molecule has 3 N–H and O–H groups in total. The molecule has 11 heteroatoms. The number of nitrogens with one attached hydrogen (secondary N) is 1. The molecular formula is C8H8F6N4O. The normalized spacial score (nSPS) is 12.7. The Hall–Kier alpha value is -1.78. The molecule has 0 atom stereocenters. The Morgan fingerprint density at radius 1 is 1.16 bits per heavy atom. The van der Waals surface area contributed by atoms with Crippen LogP contribution in [0.15, 0.2) is 6.33 Å². The van der Waals surface area contributed by atoms with Crippen LogP contribution >= 0.6 is 0 Å². The van der Waals surface area contributed by atoms with Crippen molar-refractivity contribution in [3.05, 3.63) is 11.9 Å². The van der Waals surface area contributed by atoms with Gasteiger partial charge in [-0.3, -0.25) is 0 Å². The molecule has 19 heavy (non-hydrogen) atoms. The number of nitrogens with two attached hydrogens (primary N) is 1. The number of nitrogen functional groups attached to an aromatic ring is 1. The molecule has 0 bridgehead atoms. The Morgan fingerprint density at radius 2 is 1.68 bits per heavy atom. The third kappa shape index (κ3) is 3.59. The van der Waals surface area contributed by atoms with Crippen molar-refractivity contribution in [2.45, 2.75) is 25.4 Å². The molecule has 0 unspecified atom stereocenters. The van der Waals surface area contributed by atoms with Crippen LogP contribution in [0.2, 0.25) is 0 Å². The topological polar surface area (TPSA) is 73.1 Å². The molecule has 0 aliphatic carbocycles. The third-order valence-electron chi connectivity index (χ3n) is 2.00. The molecule has 0 spiro atoms. The molecule has 0 fully saturated rings. The molecule has 0 saturated carbocycles. The first-order valence-electron chi connectivity index (χ1n) is 4.65. The van der Waals surface area contributed by atoms with Gasteiger partial charge in [-0.15, -0.1) is 0 Å². The monoisotopic (exact) mass is 290 g/mol. The zero-order valence-corrected chi connectivity index (χ0v) is 9.30. The quantitative estimate of drug-likeness (QED) is 0.505. The lowest BCUT2D eigenvalue weighted by atomic mass is 10.3. The van der Waals surface area contributed by atoms with Gasteiger partial charge in [-0.1, -0.05) is 0 Å². The zero-order chi connectivity index (χ0) is 14.8. The molecule has 0 radical (unpaired) electrons. The predicted molar refractivity (Wildman–Crippen MR) is 51.1 cm³/mol. The molecule has 0 aromatic carbocycles. The van der Waals surface area contributed by atoms with E-state index in [1.807, 2.05) is 5.43 Å². The van der Waals surface area contributed by atoms with E-state index in [-0.39, 0.29) is 11.4 Å². The lowest BCUT2D eigenvalue weighted by Crippen LogP contribution is -2.46. The summed E-state index contributed by atoms with van der Waals surface area (Å²) < 4.78 is 77.6. The number of hydrazine groups is 1. The van der Waals surface area contributed by atoms with Gasteiger partial charge in [0.1, 0.15) is 12.1 Å². The highest BCUT2D eigenvalue weighted by Crippen LogP contribution is 2.37. The highest BCUT2D eigenvalue weighted by atomic mass is 19.4. The fourth-order valence-electron chi connectivity index (χ4n) is 1.13. The standard InChI is InChI=1S/C8H8F6N4O/c1-3-4(18-15)16-2-17-5(3)19-6(7(9,10)11)8(12,13)14/h2,6H,15H2,1H3,(H,16,17,18). The number of alkyl halides is 6. The van der Waals surface area contributed by atoms with Crippen LogP contribution < -0.4 is 16.0 Å². The second-order valence-electron chi connectivity index (χ2n) is 3.38. The molecule has 0 amide bonds. The number of hydrogen-bond donors (Lipinski definition) is 2. The second-order valence-corrected chi connectivity index (χ2v) is 3.38. The minimum Gasteiger partial charge on any atom is -0.454 e. The number of nitrogens with zero attached hydrogens (tertiary/aromatic N) is 2. The Bertz CT molecular complexity index is 432. The van der Waals surface area contributed by atoms with E-state index in [0.717, 1.165) is 13.3 Å². The van der Waals surface area contributed by atoms with Gasteiger partial charge in [-0.05, 0) is 6.92 Å². The molecule has 1 aromatic heterocycles. The number of rotatable bonds is 3. The van der Waals surface area contributed by atoms with E-state index in [2.05, 4.69) is 14.7 Å². The van der Waals surface area contributed by atoms with Gasteiger partial charge in [-0.25, -0.2) is 15.8 Å². The van der Waals surface area contributed by atoms with E-state index < -0.39 is 24.3 Å². The predicted octanol–water partition coefficient (Wildman–Crippen LogP) is 1.94. The van der Waals surface area contributed by atoms with Crippen molar-refractivity contribution in [1.82, 2.24) is 9.97 Å². The maximum absolute atomic E-state index is 12.3. The van der Waals surface area contributed by atoms with Gasteiger partial charge in [0.2, 0.25) is 5.88 Å². The van der Waals surface area contributed by atoms with E-state index in [1.165, 1.54) is 0 Å². The third-order valence-corrected chi connectivity index (χ3v) is 2.00. The largest absolute Gasteiger partial charge is 0.454 e. The molecular weight excluding hydrogens is 282 g/mol. The lowest BCUT2D eigenvalue weighted by Gasteiger charge is -2.24. The highest BCUT2D eigenvalue weighted by molar-refractivity contribution is 5.46. The van der Waals surface area contributed by atoms with E-state index in [0.29, 0.717) is 0 Å². The summed E-state index contributed by atoms with van der Waals surface area (Å²) in [5.41, 5.74) is 1.82. The van der Waals surface area contributed by atoms with Crippen LogP contribution in [0.25, 0.3) is 0 Å². The van der Waals surface area contributed by atoms with Crippen molar-refractivity contribution < 1.29 is 31.1 Å². The Labute approximate surface area is 102 Å². The average molecular weight is 290 g/mol. The van der Waals surface area contributed by atoms with Crippen molar-refractivity contribution in [3.8, 4) is 5.88 Å². The van der Waals surface area contributed by atoms with Crippen molar-refractivity contribution in [2.75, 3.05) is 5.43 Å². The molecule has 1 aromatic rings. The Morgan fingerprint density at radius 3 is 2.11 bits per heavy atom. The smallest absolute Gasteiger partial charge is 0.434 e. The first-order valence-corrected chi connectivity index (χ1v) is 4.65. The fourth-order valence-corrected chi connectivity index (χ4v) is 1.13. The Kier molecular flexibility index (Phi) is 4.08. The molecule has 0 aliphatic rings. The summed E-state index contributed by atoms with van der Waals surface area (Å²) in [5.74, 6) is 3.98. The molecule has 108 valence electrons. The van der Waals surface area contributed by atoms with Crippen molar-refractivity contribution >= 4 is 5.82 Å². The van der Waals surface area contributed by atoms with E-state index >= 15 is 0 Å². The van der Waals surface area contributed by atoms with Gasteiger partial charge in [0.05, 0.1) is 5.56 Å². The van der Waals surface area contributed by atoms with E-state index in [9.17, 15) is 26.3 Å². The molecule has 0 aliphatic heterocycles. The van der Waals surface area contributed by atoms with Gasteiger partial charge >= 0.3 is 12.4 Å². The summed E-state index contributed by atoms with van der Waals surface area (Å²) in [6.07, 6.45) is -14.5. The van der Waals surface area contributed by atoms with Crippen LogP contribution in [0.5, 0.6) is 5.88 Å². The summed E-state index contributed by atoms with van der Waals surface area (Å²) >= 11 is 0. The number of hydrogen-bond acceptors (Lipinski definition) is 5. The summed E-state index contributed by atoms with van der Waals surface area (Å²) in [5, 5.41) is 0. The maximum atomic E-state index is 12.3. The number of aromatic nitrogens is 2. The number of anilines is 1. The summed E-state index contributed by atoms with van der Waals surface area (Å²) in [6.45, 7) is 1.16. The van der Waals surface area contributed by atoms with Crippen LogP contribution in [0.3, 0.4) is 0 Å². The zero-order valence-electron chi connectivity index (χ0n) is 9.30. The van der Waals surface area contributed by atoms with Crippen molar-refractivity contribution in [2.24, 2.45) is 5.84 Å². The maximum Gasteiger partial charge on any atom is 0.434 e. The highest BCUT2D eigenvalue weighted by Gasteiger charge is 2.59. The summed E-state index contributed by atoms with van der Waals surface area (Å²) in [4.78, 5) is 6.72. The minimum absolute atomic E-state index is 0.145. The van der Waals surface area contributed by atoms with Crippen molar-refractivity contribution in [3.63, 3.8) is 0 Å². The summed E-state index contributed by atoms with van der Waals surface area (Å²) in [7, 11) is 0. The molecule has 0 saturated heterocycles. The van der Waals surface area contributed by atoms with Crippen LogP contribution in [0, 0.1) is 6.92 Å². The van der Waals surface area contributed by atoms with Gasteiger partial charge in [0.15, 0.2) is 0 Å². The SMILES string of the molecule is Cc1c(NN)ncnc1OC(C(F)(F)F)C(F)(F)F. The van der Waals surface area contributed by atoms with Gasteiger partial charge in [-0.2, -0.15) is 26.3 Å². The van der Waals surface area contributed by atoms with E-state index in [4.69, 9.17) is 5.84 Å².